The maximum atomic E-state index is 13.5. The standard InChI is InChI=1S/C24H29N3O5S/c28-20(23(31)32)18-14-33-24(25-18)26-21(29)17-12-16-10-6-1-2-7-11-19(16)27(22(17)30)13-15-8-4-3-5-9-15/h12,14-15H,1-11,13H2,(H,31,32)(H,25,26,29). The van der Waals surface area contributed by atoms with Gasteiger partial charge in [-0.1, -0.05) is 32.1 Å². The van der Waals surface area contributed by atoms with Crippen molar-refractivity contribution in [3.05, 3.63) is 44.3 Å². The first-order valence-corrected chi connectivity index (χ1v) is 12.6. The first-order valence-electron chi connectivity index (χ1n) is 11.7. The average Bonchev–Trinajstić information content (AvgIpc) is 3.24. The summed E-state index contributed by atoms with van der Waals surface area (Å²) in [5, 5.41) is 12.8. The summed E-state index contributed by atoms with van der Waals surface area (Å²) in [6.45, 7) is 0.650. The molecule has 0 aliphatic heterocycles. The number of Topliss-reactive ketones (excluding diaryl/α,β-unsaturated/α-hetero) is 1. The highest BCUT2D eigenvalue weighted by atomic mass is 32.1. The molecule has 0 atom stereocenters. The molecule has 0 spiro atoms. The number of amides is 1. The van der Waals surface area contributed by atoms with Crippen molar-refractivity contribution in [2.75, 3.05) is 5.32 Å². The van der Waals surface area contributed by atoms with E-state index in [1.807, 2.05) is 4.57 Å². The minimum atomic E-state index is -1.61. The van der Waals surface area contributed by atoms with Gasteiger partial charge in [-0.25, -0.2) is 9.78 Å². The van der Waals surface area contributed by atoms with Gasteiger partial charge in [-0.2, -0.15) is 0 Å². The van der Waals surface area contributed by atoms with Gasteiger partial charge in [-0.15, -0.1) is 11.3 Å². The minimum absolute atomic E-state index is 0.0754. The maximum Gasteiger partial charge on any atom is 0.378 e. The quantitative estimate of drug-likeness (QED) is 0.484. The predicted molar refractivity (Wildman–Crippen MR) is 125 cm³/mol. The lowest BCUT2D eigenvalue weighted by atomic mass is 9.88. The molecule has 2 aliphatic rings. The van der Waals surface area contributed by atoms with Crippen LogP contribution in [0.2, 0.25) is 0 Å². The van der Waals surface area contributed by atoms with E-state index >= 15 is 0 Å². The Hall–Kier alpha value is -2.81. The summed E-state index contributed by atoms with van der Waals surface area (Å²) in [5.74, 6) is -2.87. The van der Waals surface area contributed by atoms with E-state index in [2.05, 4.69) is 10.3 Å². The normalized spacial score (nSPS) is 17.0. The van der Waals surface area contributed by atoms with Crippen LogP contribution in [0.1, 0.15) is 89.9 Å². The van der Waals surface area contributed by atoms with Gasteiger partial charge in [0.05, 0.1) is 0 Å². The number of nitrogens with zero attached hydrogens (tertiary/aromatic N) is 2. The molecular weight excluding hydrogens is 442 g/mol. The van der Waals surface area contributed by atoms with E-state index < -0.39 is 17.7 Å². The fourth-order valence-electron chi connectivity index (χ4n) is 4.93. The van der Waals surface area contributed by atoms with Gasteiger partial charge in [-0.05, 0) is 56.1 Å². The second kappa shape index (κ2) is 10.4. The number of thiazole rings is 1. The number of carboxylic acids is 1. The molecule has 1 fully saturated rings. The number of rotatable bonds is 6. The van der Waals surface area contributed by atoms with Crippen molar-refractivity contribution >= 4 is 34.1 Å². The molecule has 8 nitrogen and oxygen atoms in total. The number of pyridine rings is 1. The highest BCUT2D eigenvalue weighted by Crippen LogP contribution is 2.27. The Morgan fingerprint density at radius 2 is 1.76 bits per heavy atom. The van der Waals surface area contributed by atoms with Crippen LogP contribution in [0.4, 0.5) is 5.13 Å². The lowest BCUT2D eigenvalue weighted by molar-refractivity contribution is -0.131. The molecule has 1 amide bonds. The van der Waals surface area contributed by atoms with Crippen LogP contribution in [0.25, 0.3) is 0 Å². The Kier molecular flexibility index (Phi) is 7.37. The summed E-state index contributed by atoms with van der Waals surface area (Å²) in [6, 6.07) is 1.73. The third-order valence-electron chi connectivity index (χ3n) is 6.66. The van der Waals surface area contributed by atoms with Gasteiger partial charge in [0.15, 0.2) is 5.13 Å². The molecule has 4 rings (SSSR count). The van der Waals surface area contributed by atoms with Crippen LogP contribution < -0.4 is 10.9 Å². The number of fused-ring (bicyclic) bond motifs is 1. The molecule has 1 saturated carbocycles. The third kappa shape index (κ3) is 5.40. The van der Waals surface area contributed by atoms with Crippen molar-refractivity contribution in [1.29, 1.82) is 0 Å². The van der Waals surface area contributed by atoms with Gasteiger partial charge in [0, 0.05) is 17.6 Å². The molecule has 0 bridgehead atoms. The number of nitrogens with one attached hydrogen (secondary N) is 1. The van der Waals surface area contributed by atoms with Crippen LogP contribution >= 0.6 is 11.3 Å². The number of aryl methyl sites for hydroxylation is 1. The third-order valence-corrected chi connectivity index (χ3v) is 7.42. The van der Waals surface area contributed by atoms with E-state index in [1.165, 1.54) is 24.6 Å². The van der Waals surface area contributed by atoms with E-state index in [1.54, 1.807) is 6.07 Å². The Morgan fingerprint density at radius 3 is 2.48 bits per heavy atom. The number of hydrogen-bond donors (Lipinski definition) is 2. The number of carboxylic acid groups (broad SMARTS) is 1. The Labute approximate surface area is 196 Å². The predicted octanol–water partition coefficient (Wildman–Crippen LogP) is 4.06. The largest absolute Gasteiger partial charge is 0.475 e. The van der Waals surface area contributed by atoms with Crippen molar-refractivity contribution in [3.63, 3.8) is 0 Å². The van der Waals surface area contributed by atoms with Crippen LogP contribution in [-0.4, -0.2) is 32.3 Å². The highest BCUT2D eigenvalue weighted by Gasteiger charge is 2.24. The van der Waals surface area contributed by atoms with Gasteiger partial charge in [0.25, 0.3) is 17.2 Å². The van der Waals surface area contributed by atoms with Crippen molar-refractivity contribution in [2.45, 2.75) is 77.2 Å². The summed E-state index contributed by atoms with van der Waals surface area (Å²) in [6.07, 6.45) is 11.9. The number of hydrogen-bond acceptors (Lipinski definition) is 6. The molecule has 2 heterocycles. The second-order valence-electron chi connectivity index (χ2n) is 8.99. The lowest BCUT2D eigenvalue weighted by Crippen LogP contribution is -2.35. The van der Waals surface area contributed by atoms with Crippen LogP contribution in [-0.2, 0) is 24.2 Å². The molecule has 0 unspecified atom stereocenters. The summed E-state index contributed by atoms with van der Waals surface area (Å²) in [4.78, 5) is 53.0. The fourth-order valence-corrected chi connectivity index (χ4v) is 5.61. The minimum Gasteiger partial charge on any atom is -0.475 e. The first kappa shape index (κ1) is 23.4. The number of aliphatic carboxylic acids is 1. The number of carbonyl (C=O) groups excluding carboxylic acids is 2. The lowest BCUT2D eigenvalue weighted by Gasteiger charge is -2.26. The zero-order valence-electron chi connectivity index (χ0n) is 18.6. The smallest absolute Gasteiger partial charge is 0.378 e. The summed E-state index contributed by atoms with van der Waals surface area (Å²) >= 11 is 0.956. The van der Waals surface area contributed by atoms with E-state index in [9.17, 15) is 19.2 Å². The van der Waals surface area contributed by atoms with Crippen molar-refractivity contribution in [3.8, 4) is 0 Å². The molecule has 2 aromatic heterocycles. The zero-order valence-corrected chi connectivity index (χ0v) is 19.4. The molecule has 176 valence electrons. The Bertz CT molecular complexity index is 1110. The van der Waals surface area contributed by atoms with Gasteiger partial charge in [0.1, 0.15) is 11.3 Å². The van der Waals surface area contributed by atoms with Crippen molar-refractivity contribution < 1.29 is 19.5 Å². The Morgan fingerprint density at radius 1 is 1.06 bits per heavy atom. The summed E-state index contributed by atoms with van der Waals surface area (Å²) in [5.41, 5.74) is 1.69. The molecule has 0 radical (unpaired) electrons. The fraction of sp³-hybridized carbons (Fsp3) is 0.542. The van der Waals surface area contributed by atoms with Gasteiger partial charge < -0.3 is 9.67 Å². The molecule has 2 N–H and O–H groups in total. The topological polar surface area (TPSA) is 118 Å². The van der Waals surface area contributed by atoms with Crippen LogP contribution in [0.3, 0.4) is 0 Å². The molecule has 2 aromatic rings. The molecule has 2 aliphatic carbocycles. The monoisotopic (exact) mass is 471 g/mol. The van der Waals surface area contributed by atoms with Crippen LogP contribution in [0.5, 0.6) is 0 Å². The molecule has 0 saturated heterocycles. The highest BCUT2D eigenvalue weighted by molar-refractivity contribution is 7.14. The Balaban J connectivity index is 1.65. The second-order valence-corrected chi connectivity index (χ2v) is 9.85. The van der Waals surface area contributed by atoms with Gasteiger partial charge >= 0.3 is 5.97 Å². The van der Waals surface area contributed by atoms with Crippen molar-refractivity contribution in [1.82, 2.24) is 9.55 Å². The summed E-state index contributed by atoms with van der Waals surface area (Å²) in [7, 11) is 0. The number of aromatic nitrogens is 2. The summed E-state index contributed by atoms with van der Waals surface area (Å²) < 4.78 is 1.85. The molecular formula is C24H29N3O5S. The van der Waals surface area contributed by atoms with Gasteiger partial charge in [-0.3, -0.25) is 19.7 Å². The number of anilines is 1. The van der Waals surface area contributed by atoms with E-state index in [0.29, 0.717) is 12.5 Å². The molecule has 0 aromatic carbocycles. The van der Waals surface area contributed by atoms with Crippen molar-refractivity contribution in [2.24, 2.45) is 5.92 Å². The number of carbonyl (C=O) groups is 3. The van der Waals surface area contributed by atoms with E-state index in [-0.39, 0.29) is 21.9 Å². The van der Waals surface area contributed by atoms with E-state index in [4.69, 9.17) is 5.11 Å². The maximum absolute atomic E-state index is 13.5. The number of ketones is 1. The molecule has 33 heavy (non-hydrogen) atoms. The van der Waals surface area contributed by atoms with Crippen LogP contribution in [0, 0.1) is 5.92 Å². The van der Waals surface area contributed by atoms with Crippen LogP contribution in [0.15, 0.2) is 16.2 Å². The van der Waals surface area contributed by atoms with E-state index in [0.717, 1.165) is 74.0 Å². The SMILES string of the molecule is O=C(O)C(=O)c1csc(NC(=O)c2cc3c(n(CC4CCCCC4)c2=O)CCCCCC3)n1. The average molecular weight is 472 g/mol. The zero-order chi connectivity index (χ0) is 23.4. The molecule has 9 heteroatoms. The first-order chi connectivity index (χ1) is 15.9. The van der Waals surface area contributed by atoms with Gasteiger partial charge in [0.2, 0.25) is 0 Å².